The molecule has 1 aromatic rings. The highest BCUT2D eigenvalue weighted by Crippen LogP contribution is 2.36. The zero-order chi connectivity index (χ0) is 11.5. The molecule has 0 fully saturated rings. The van der Waals surface area contributed by atoms with E-state index in [4.69, 9.17) is 11.6 Å². The van der Waals surface area contributed by atoms with Gasteiger partial charge in [0.1, 0.15) is 0 Å². The van der Waals surface area contributed by atoms with E-state index in [1.807, 2.05) is 24.0 Å². The second kappa shape index (κ2) is 4.88. The van der Waals surface area contributed by atoms with Gasteiger partial charge in [0.2, 0.25) is 5.91 Å². The van der Waals surface area contributed by atoms with E-state index in [1.165, 1.54) is 11.1 Å². The lowest BCUT2D eigenvalue weighted by atomic mass is 9.77. The van der Waals surface area contributed by atoms with Crippen LogP contribution in [0.15, 0.2) is 24.3 Å². The lowest BCUT2D eigenvalue weighted by Gasteiger charge is -2.33. The molecular weight excluding hydrogens is 222 g/mol. The Balaban J connectivity index is 2.08. The molecule has 0 saturated carbocycles. The number of hydrogen-bond acceptors (Lipinski definition) is 1. The van der Waals surface area contributed by atoms with Gasteiger partial charge in [-0.2, -0.15) is 0 Å². The molecule has 2 rings (SSSR count). The quantitative estimate of drug-likeness (QED) is 0.737. The number of amides is 1. The first kappa shape index (κ1) is 11.5. The molecule has 3 heteroatoms. The van der Waals surface area contributed by atoms with Gasteiger partial charge in [0.05, 0.1) is 5.92 Å². The molecule has 0 saturated heterocycles. The molecule has 1 aliphatic rings. The Morgan fingerprint density at radius 1 is 1.50 bits per heavy atom. The van der Waals surface area contributed by atoms with Gasteiger partial charge in [-0.3, -0.25) is 4.79 Å². The van der Waals surface area contributed by atoms with Crippen LogP contribution in [0.3, 0.4) is 0 Å². The molecule has 86 valence electrons. The van der Waals surface area contributed by atoms with Gasteiger partial charge in [-0.05, 0) is 24.5 Å². The van der Waals surface area contributed by atoms with Crippen LogP contribution in [0, 0.1) is 0 Å². The van der Waals surface area contributed by atoms with Crippen molar-refractivity contribution in [3.63, 3.8) is 0 Å². The molecule has 0 radical (unpaired) electrons. The van der Waals surface area contributed by atoms with Crippen LogP contribution >= 0.6 is 11.6 Å². The normalized spacial score (nSPS) is 17.5. The maximum Gasteiger partial charge on any atom is 0.230 e. The van der Waals surface area contributed by atoms with Crippen molar-refractivity contribution in [3.05, 3.63) is 35.4 Å². The van der Waals surface area contributed by atoms with E-state index >= 15 is 0 Å². The summed E-state index contributed by atoms with van der Waals surface area (Å²) in [6, 6.07) is 8.17. The first-order valence-corrected chi connectivity index (χ1v) is 6.24. The third-order valence-corrected chi connectivity index (χ3v) is 3.37. The maximum absolute atomic E-state index is 12.2. The number of benzene rings is 1. The molecule has 16 heavy (non-hydrogen) atoms. The van der Waals surface area contributed by atoms with Crippen LogP contribution in [0.4, 0.5) is 0 Å². The summed E-state index contributed by atoms with van der Waals surface area (Å²) < 4.78 is 0. The number of rotatable bonds is 4. The van der Waals surface area contributed by atoms with Crippen LogP contribution < -0.4 is 0 Å². The first-order chi connectivity index (χ1) is 7.77. The fourth-order valence-corrected chi connectivity index (χ4v) is 2.43. The van der Waals surface area contributed by atoms with Crippen LogP contribution in [0.2, 0.25) is 0 Å². The maximum atomic E-state index is 12.2. The molecule has 1 unspecified atom stereocenters. The number of fused-ring (bicyclic) bond motifs is 1. The number of likely N-dealkylation sites (N-methyl/N-ethyl adjacent to an activating group) is 1. The van der Waals surface area contributed by atoms with Crippen molar-refractivity contribution in [2.24, 2.45) is 0 Å². The topological polar surface area (TPSA) is 20.3 Å². The van der Waals surface area contributed by atoms with Crippen molar-refractivity contribution in [2.75, 3.05) is 19.0 Å². The van der Waals surface area contributed by atoms with Crippen molar-refractivity contribution in [2.45, 2.75) is 19.3 Å². The van der Waals surface area contributed by atoms with Crippen LogP contribution in [0.25, 0.3) is 0 Å². The Labute approximate surface area is 101 Å². The van der Waals surface area contributed by atoms with E-state index in [0.29, 0.717) is 12.4 Å². The monoisotopic (exact) mass is 237 g/mol. The van der Waals surface area contributed by atoms with Crippen molar-refractivity contribution in [1.82, 2.24) is 4.90 Å². The smallest absolute Gasteiger partial charge is 0.230 e. The number of nitrogens with zero attached hydrogens (tertiary/aromatic N) is 1. The third-order valence-electron chi connectivity index (χ3n) is 3.20. The lowest BCUT2D eigenvalue weighted by Crippen LogP contribution is -2.40. The van der Waals surface area contributed by atoms with Gasteiger partial charge in [-0.25, -0.2) is 0 Å². The molecule has 0 heterocycles. The molecule has 0 spiro atoms. The Bertz CT molecular complexity index is 391. The SMILES string of the molecule is CCN(CCCl)C(=O)C1Cc2ccccc21. The van der Waals surface area contributed by atoms with Crippen molar-refractivity contribution < 1.29 is 4.79 Å². The molecule has 0 aliphatic heterocycles. The van der Waals surface area contributed by atoms with Crippen LogP contribution in [0.1, 0.15) is 24.0 Å². The summed E-state index contributed by atoms with van der Waals surface area (Å²) in [5.74, 6) is 0.801. The highest BCUT2D eigenvalue weighted by atomic mass is 35.5. The summed E-state index contributed by atoms with van der Waals surface area (Å²) >= 11 is 5.69. The average molecular weight is 238 g/mol. The van der Waals surface area contributed by atoms with E-state index < -0.39 is 0 Å². The van der Waals surface area contributed by atoms with Gasteiger partial charge in [-0.15, -0.1) is 11.6 Å². The molecule has 1 aliphatic carbocycles. The lowest BCUT2D eigenvalue weighted by molar-refractivity contribution is -0.133. The Morgan fingerprint density at radius 2 is 2.25 bits per heavy atom. The zero-order valence-electron chi connectivity index (χ0n) is 9.45. The van der Waals surface area contributed by atoms with Gasteiger partial charge in [-0.1, -0.05) is 24.3 Å². The second-order valence-electron chi connectivity index (χ2n) is 4.06. The van der Waals surface area contributed by atoms with Gasteiger partial charge in [0.15, 0.2) is 0 Å². The van der Waals surface area contributed by atoms with Gasteiger partial charge in [0, 0.05) is 19.0 Å². The second-order valence-corrected chi connectivity index (χ2v) is 4.44. The van der Waals surface area contributed by atoms with E-state index in [-0.39, 0.29) is 11.8 Å². The number of carbonyl (C=O) groups is 1. The molecule has 0 N–H and O–H groups in total. The Morgan fingerprint density at radius 3 is 2.88 bits per heavy atom. The predicted molar refractivity (Wildman–Crippen MR) is 65.9 cm³/mol. The summed E-state index contributed by atoms with van der Waals surface area (Å²) in [6.45, 7) is 3.38. The first-order valence-electron chi connectivity index (χ1n) is 5.70. The van der Waals surface area contributed by atoms with Gasteiger partial charge in [0.25, 0.3) is 0 Å². The summed E-state index contributed by atoms with van der Waals surface area (Å²) in [4.78, 5) is 14.0. The minimum Gasteiger partial charge on any atom is -0.341 e. The van der Waals surface area contributed by atoms with Crippen molar-refractivity contribution >= 4 is 17.5 Å². The largest absolute Gasteiger partial charge is 0.341 e. The summed E-state index contributed by atoms with van der Waals surface area (Å²) in [7, 11) is 0. The number of alkyl halides is 1. The summed E-state index contributed by atoms with van der Waals surface area (Å²) in [5.41, 5.74) is 2.50. The van der Waals surface area contributed by atoms with Crippen LogP contribution in [-0.4, -0.2) is 29.8 Å². The molecular formula is C13H16ClNO. The number of carbonyl (C=O) groups excluding carboxylic acids is 1. The Hall–Kier alpha value is -1.02. The fourth-order valence-electron chi connectivity index (χ4n) is 2.23. The molecule has 2 nitrogen and oxygen atoms in total. The summed E-state index contributed by atoms with van der Waals surface area (Å²) in [5, 5.41) is 0. The fraction of sp³-hybridized carbons (Fsp3) is 0.462. The molecule has 0 bridgehead atoms. The van der Waals surface area contributed by atoms with Crippen molar-refractivity contribution in [3.8, 4) is 0 Å². The minimum atomic E-state index is 0.0689. The van der Waals surface area contributed by atoms with Crippen LogP contribution in [-0.2, 0) is 11.2 Å². The molecule has 1 atom stereocenters. The van der Waals surface area contributed by atoms with Gasteiger partial charge >= 0.3 is 0 Å². The van der Waals surface area contributed by atoms with Gasteiger partial charge < -0.3 is 4.90 Å². The van der Waals surface area contributed by atoms with Crippen LogP contribution in [0.5, 0.6) is 0 Å². The standard InChI is InChI=1S/C13H16ClNO/c1-2-15(8-7-14)13(16)12-9-10-5-3-4-6-11(10)12/h3-6,12H,2,7-9H2,1H3. The van der Waals surface area contributed by atoms with E-state index in [1.54, 1.807) is 0 Å². The van der Waals surface area contributed by atoms with Crippen molar-refractivity contribution in [1.29, 1.82) is 0 Å². The summed E-state index contributed by atoms with van der Waals surface area (Å²) in [6.07, 6.45) is 0.883. The molecule has 0 aromatic heterocycles. The minimum absolute atomic E-state index is 0.0689. The van der Waals surface area contributed by atoms with E-state index in [2.05, 4.69) is 12.1 Å². The third kappa shape index (κ3) is 1.94. The zero-order valence-corrected chi connectivity index (χ0v) is 10.2. The highest BCUT2D eigenvalue weighted by molar-refractivity contribution is 6.18. The number of hydrogen-bond donors (Lipinski definition) is 0. The molecule has 1 aromatic carbocycles. The highest BCUT2D eigenvalue weighted by Gasteiger charge is 2.33. The molecule has 1 amide bonds. The van der Waals surface area contributed by atoms with E-state index in [0.717, 1.165) is 13.0 Å². The van der Waals surface area contributed by atoms with E-state index in [9.17, 15) is 4.79 Å². The Kier molecular flexibility index (Phi) is 3.49. The predicted octanol–water partition coefficient (Wildman–Crippen LogP) is 2.41. The average Bonchev–Trinajstić information content (AvgIpc) is 2.27. The number of halogens is 1.